The molecular weight excluding hydrogens is 731 g/mol. The van der Waals surface area contributed by atoms with Gasteiger partial charge in [0.1, 0.15) is 5.65 Å². The van der Waals surface area contributed by atoms with E-state index in [1.165, 1.54) is 10.8 Å². The predicted molar refractivity (Wildman–Crippen MR) is 250 cm³/mol. The minimum Gasteiger partial charge on any atom is -0.328 e. The summed E-state index contributed by atoms with van der Waals surface area (Å²) in [7, 11) is 0. The first-order valence-corrected chi connectivity index (χ1v) is 20.4. The number of hydrogen-bond donors (Lipinski definition) is 0. The highest BCUT2D eigenvalue weighted by Gasteiger charge is 2.34. The monoisotopic (exact) mass is 770 g/mol. The molecule has 0 spiro atoms. The lowest BCUT2D eigenvalue weighted by Gasteiger charge is -2.24. The minimum absolute atomic E-state index is 0.231. The number of anilines is 2. The Morgan fingerprint density at radius 1 is 0.450 bits per heavy atom. The van der Waals surface area contributed by atoms with Gasteiger partial charge in [-0.15, -0.1) is 0 Å². The molecule has 0 saturated carbocycles. The molecular formula is C53H39BN6. The van der Waals surface area contributed by atoms with Crippen LogP contribution in [0.2, 0.25) is 0 Å². The van der Waals surface area contributed by atoms with Crippen molar-refractivity contribution in [3.63, 3.8) is 0 Å². The molecule has 0 radical (unpaired) electrons. The average molecular weight is 771 g/mol. The molecule has 7 aromatic carbocycles. The van der Waals surface area contributed by atoms with Crippen molar-refractivity contribution in [2.45, 2.75) is 0 Å². The van der Waals surface area contributed by atoms with Gasteiger partial charge in [0, 0.05) is 52.0 Å². The van der Waals surface area contributed by atoms with E-state index in [4.69, 9.17) is 10.1 Å². The van der Waals surface area contributed by atoms with Crippen LogP contribution in [0.15, 0.2) is 225 Å². The quantitative estimate of drug-likeness (QED) is 0.137. The Balaban J connectivity index is 1.17. The van der Waals surface area contributed by atoms with Crippen LogP contribution in [-0.4, -0.2) is 32.7 Å². The van der Waals surface area contributed by atoms with Gasteiger partial charge in [-0.05, 0) is 77.8 Å². The van der Waals surface area contributed by atoms with Crippen LogP contribution in [0.25, 0.3) is 55.8 Å². The van der Waals surface area contributed by atoms with Crippen molar-refractivity contribution in [3.8, 4) is 33.9 Å². The summed E-state index contributed by atoms with van der Waals surface area (Å²) < 4.78 is 4.45. The first-order valence-electron chi connectivity index (χ1n) is 20.4. The van der Waals surface area contributed by atoms with Gasteiger partial charge in [0.25, 0.3) is 0 Å². The number of aromatic nitrogens is 4. The second-order valence-corrected chi connectivity index (χ2v) is 15.2. The molecule has 60 heavy (non-hydrogen) atoms. The van der Waals surface area contributed by atoms with E-state index < -0.39 is 0 Å². The zero-order chi connectivity index (χ0) is 39.8. The Kier molecular flexibility index (Phi) is 8.89. The van der Waals surface area contributed by atoms with E-state index in [-0.39, 0.29) is 6.71 Å². The Bertz CT molecular complexity index is 3090. The van der Waals surface area contributed by atoms with Gasteiger partial charge in [-0.25, -0.2) is 9.67 Å². The highest BCUT2D eigenvalue weighted by molar-refractivity contribution is 6.97. The summed E-state index contributed by atoms with van der Waals surface area (Å²) in [5, 5.41) is 7.88. The highest BCUT2D eigenvalue weighted by Crippen LogP contribution is 2.32. The normalized spacial score (nSPS) is 12.5. The van der Waals surface area contributed by atoms with Crippen molar-refractivity contribution in [2.24, 2.45) is 0 Å². The van der Waals surface area contributed by atoms with E-state index in [1.54, 1.807) is 0 Å². The number of rotatable bonds is 9. The SMILES string of the molecule is C1=CN(c2cccc(B(c3cccc(-n4c5ccccc5c5cccnc54)c3)c3c(-c4ccccc4)nn(-c4ccccc4)c3-c3ccccc3)c2)CN1c1ccccc1. The van der Waals surface area contributed by atoms with Crippen molar-refractivity contribution in [2.75, 3.05) is 16.5 Å². The molecule has 0 bridgehead atoms. The third-order valence-electron chi connectivity index (χ3n) is 11.6. The van der Waals surface area contributed by atoms with Crippen molar-refractivity contribution < 1.29 is 0 Å². The van der Waals surface area contributed by atoms with E-state index in [0.29, 0.717) is 6.67 Å². The fourth-order valence-electron chi connectivity index (χ4n) is 8.83. The zero-order valence-corrected chi connectivity index (χ0v) is 32.8. The lowest BCUT2D eigenvalue weighted by molar-refractivity contribution is 0.892. The lowest BCUT2D eigenvalue weighted by Crippen LogP contribution is -2.53. The van der Waals surface area contributed by atoms with Gasteiger partial charge in [-0.3, -0.25) is 4.57 Å². The Labute approximate surface area is 349 Å². The average Bonchev–Trinajstić information content (AvgIpc) is 4.06. The van der Waals surface area contributed by atoms with Crippen molar-refractivity contribution in [1.29, 1.82) is 0 Å². The van der Waals surface area contributed by atoms with Crippen LogP contribution in [0.3, 0.4) is 0 Å². The molecule has 4 heterocycles. The second-order valence-electron chi connectivity index (χ2n) is 15.2. The smallest absolute Gasteiger partial charge is 0.247 e. The van der Waals surface area contributed by atoms with Crippen molar-refractivity contribution in [3.05, 3.63) is 225 Å². The zero-order valence-electron chi connectivity index (χ0n) is 32.8. The molecule has 0 amide bonds. The molecule has 0 atom stereocenters. The van der Waals surface area contributed by atoms with Crippen LogP contribution in [0, 0.1) is 0 Å². The first kappa shape index (κ1) is 35.3. The number of nitrogens with zero attached hydrogens (tertiary/aromatic N) is 6. The van der Waals surface area contributed by atoms with Crippen LogP contribution in [0.1, 0.15) is 0 Å². The van der Waals surface area contributed by atoms with Crippen molar-refractivity contribution in [1.82, 2.24) is 19.3 Å². The van der Waals surface area contributed by atoms with Crippen molar-refractivity contribution >= 4 is 56.4 Å². The molecule has 6 nitrogen and oxygen atoms in total. The fraction of sp³-hybridized carbons (Fsp3) is 0.0189. The molecule has 10 aromatic rings. The maximum atomic E-state index is 5.57. The highest BCUT2D eigenvalue weighted by atomic mass is 15.3. The molecule has 284 valence electrons. The third-order valence-corrected chi connectivity index (χ3v) is 11.6. The first-order chi connectivity index (χ1) is 29.8. The Morgan fingerprint density at radius 2 is 1.00 bits per heavy atom. The summed E-state index contributed by atoms with van der Waals surface area (Å²) in [6, 6.07) is 73.3. The van der Waals surface area contributed by atoms with E-state index in [2.05, 4.69) is 232 Å². The molecule has 11 rings (SSSR count). The molecule has 1 aliphatic rings. The second kappa shape index (κ2) is 15.1. The number of benzene rings is 7. The molecule has 0 fully saturated rings. The third kappa shape index (κ3) is 6.24. The molecule has 0 aliphatic carbocycles. The van der Waals surface area contributed by atoms with Gasteiger partial charge in [0.05, 0.1) is 29.3 Å². The summed E-state index contributed by atoms with van der Waals surface area (Å²) in [4.78, 5) is 9.54. The molecule has 7 heteroatoms. The number of para-hydroxylation sites is 3. The molecule has 1 aliphatic heterocycles. The van der Waals surface area contributed by atoms with E-state index >= 15 is 0 Å². The minimum atomic E-state index is -0.231. The summed E-state index contributed by atoms with van der Waals surface area (Å²) in [5.74, 6) is 0. The number of hydrogen-bond acceptors (Lipinski definition) is 4. The largest absolute Gasteiger partial charge is 0.328 e. The lowest BCUT2D eigenvalue weighted by atomic mass is 9.36. The summed E-state index contributed by atoms with van der Waals surface area (Å²) >= 11 is 0. The Morgan fingerprint density at radius 3 is 1.72 bits per heavy atom. The predicted octanol–water partition coefficient (Wildman–Crippen LogP) is 9.97. The number of pyridine rings is 1. The summed E-state index contributed by atoms with van der Waals surface area (Å²) in [6.07, 6.45) is 6.22. The molecule has 3 aromatic heterocycles. The van der Waals surface area contributed by atoms with Gasteiger partial charge < -0.3 is 9.80 Å². The molecule has 0 saturated heterocycles. The van der Waals surface area contributed by atoms with Gasteiger partial charge in [-0.2, -0.15) is 5.10 Å². The summed E-state index contributed by atoms with van der Waals surface area (Å²) in [5.41, 5.74) is 14.0. The standard InChI is InChI=1S/C53H39BN6/c1-5-18-39(19-6-1)51-50(52(40-20-7-2-8-21-40)60(56-51)44-26-11-4-12-27-44)54(41-22-15-28-45(36-41)58-35-34-57(38-58)43-24-9-3-10-25-43)42-23-16-29-46(37-42)59-49-32-14-13-30-47(49)48-31-17-33-55-53(48)59/h1-37H,38H2. The van der Waals surface area contributed by atoms with Gasteiger partial charge in [-0.1, -0.05) is 150 Å². The maximum absolute atomic E-state index is 5.57. The maximum Gasteiger partial charge on any atom is 0.247 e. The van der Waals surface area contributed by atoms with E-state index in [9.17, 15) is 0 Å². The fourth-order valence-corrected chi connectivity index (χ4v) is 8.83. The molecule has 0 N–H and O–H groups in total. The van der Waals surface area contributed by atoms with Crippen LogP contribution in [0.5, 0.6) is 0 Å². The Hall–Kier alpha value is -7.90. The molecule has 0 unspecified atom stereocenters. The van der Waals surface area contributed by atoms with Crippen LogP contribution >= 0.6 is 0 Å². The summed E-state index contributed by atoms with van der Waals surface area (Å²) in [6.45, 7) is 0.482. The van der Waals surface area contributed by atoms with Gasteiger partial charge in [0.2, 0.25) is 6.71 Å². The number of fused-ring (bicyclic) bond motifs is 3. The topological polar surface area (TPSA) is 42.1 Å². The van der Waals surface area contributed by atoms with Crippen LogP contribution in [-0.2, 0) is 0 Å². The van der Waals surface area contributed by atoms with E-state index in [1.807, 2.05) is 12.3 Å². The van der Waals surface area contributed by atoms with Crippen LogP contribution in [0.4, 0.5) is 11.4 Å². The van der Waals surface area contributed by atoms with E-state index in [0.717, 1.165) is 72.7 Å². The van der Waals surface area contributed by atoms with Crippen LogP contribution < -0.4 is 26.2 Å². The van der Waals surface area contributed by atoms with Gasteiger partial charge in [0.15, 0.2) is 0 Å². The van der Waals surface area contributed by atoms with Gasteiger partial charge >= 0.3 is 0 Å².